The normalized spacial score (nSPS) is 50.4. The summed E-state index contributed by atoms with van der Waals surface area (Å²) < 4.78 is 16.8. The van der Waals surface area contributed by atoms with Gasteiger partial charge in [-0.15, -0.1) is 0 Å². The van der Waals surface area contributed by atoms with E-state index in [-0.39, 0.29) is 47.7 Å². The molecule has 3 saturated carbocycles. The number of hydrogen-bond acceptors (Lipinski definition) is 5. The number of ketones is 2. The van der Waals surface area contributed by atoms with Gasteiger partial charge < -0.3 is 20.1 Å². The van der Waals surface area contributed by atoms with Crippen LogP contribution in [0, 0.1) is 35.0 Å². The van der Waals surface area contributed by atoms with Crippen LogP contribution < -0.4 is 29.6 Å². The molecule has 3 N–H and O–H groups in total. The maximum Gasteiger partial charge on any atom is 1.00 e. The zero-order valence-electron chi connectivity index (χ0n) is 17.5. The molecule has 154 valence electrons. The van der Waals surface area contributed by atoms with Gasteiger partial charge in [-0.25, -0.2) is 10.8 Å². The van der Waals surface area contributed by atoms with Crippen molar-refractivity contribution in [2.24, 2.45) is 28.6 Å². The minimum Gasteiger partial charge on any atom is -0.390 e. The first-order valence-corrected chi connectivity index (χ1v) is 9.99. The predicted octanol–water partition coefficient (Wildman–Crippen LogP) is -1.29. The van der Waals surface area contributed by atoms with Gasteiger partial charge >= 0.3 is 29.6 Å². The maximum atomic E-state index is 16.8. The first-order valence-electron chi connectivity index (χ1n) is 9.99. The van der Waals surface area contributed by atoms with Gasteiger partial charge in [-0.2, -0.15) is 11.6 Å². The Bertz CT molecular complexity index is 811. The van der Waals surface area contributed by atoms with Crippen molar-refractivity contribution in [2.45, 2.75) is 57.4 Å². The van der Waals surface area contributed by atoms with Gasteiger partial charge in [0.1, 0.15) is 17.9 Å². The van der Waals surface area contributed by atoms with Crippen LogP contribution >= 0.6 is 0 Å². The Balaban J connectivity index is 0.00000240. The number of alkyl halides is 1. The minimum absolute atomic E-state index is 0. The molecule has 0 heterocycles. The molecule has 3 fully saturated rings. The fourth-order valence-electron chi connectivity index (χ4n) is 7.01. The molecule has 29 heavy (non-hydrogen) atoms. The molecule has 5 nitrogen and oxygen atoms in total. The van der Waals surface area contributed by atoms with Gasteiger partial charge in [0.15, 0.2) is 5.78 Å². The molecule has 0 amide bonds. The molecule has 8 atom stereocenters. The Morgan fingerprint density at radius 2 is 2.00 bits per heavy atom. The zero-order chi connectivity index (χ0) is 20.7. The second-order valence-corrected chi connectivity index (χ2v) is 9.58. The third-order valence-corrected chi connectivity index (χ3v) is 8.57. The van der Waals surface area contributed by atoms with Crippen LogP contribution in [0.15, 0.2) is 23.8 Å². The minimum atomic E-state index is -2.01. The monoisotopic (exact) mass is 414 g/mol. The topological polar surface area (TPSA) is 94.8 Å². The molecule has 4 rings (SSSR count). The molecule has 0 unspecified atom stereocenters. The summed E-state index contributed by atoms with van der Waals surface area (Å²) in [7, 11) is 0. The number of carbonyl (C=O) groups excluding carboxylic acids is 2. The fraction of sp³-hybridized carbons (Fsp3) is 0.682. The summed E-state index contributed by atoms with van der Waals surface area (Å²) in [4.78, 5) is 24.4. The van der Waals surface area contributed by atoms with Gasteiger partial charge in [-0.05, 0) is 36.7 Å². The van der Waals surface area contributed by atoms with E-state index in [0.717, 1.165) is 0 Å². The fourth-order valence-corrected chi connectivity index (χ4v) is 7.01. The van der Waals surface area contributed by atoms with E-state index in [1.807, 2.05) is 6.42 Å². The summed E-state index contributed by atoms with van der Waals surface area (Å²) in [5.74, 6) is -2.26. The molecular formula is C22H28FNaO5. The second kappa shape index (κ2) is 7.01. The summed E-state index contributed by atoms with van der Waals surface area (Å²) in [6, 6.07) is 0. The van der Waals surface area contributed by atoms with Gasteiger partial charge in [0.25, 0.3) is 0 Å². The van der Waals surface area contributed by atoms with Crippen LogP contribution in [-0.2, 0) is 9.59 Å². The standard InChI is InChI=1S/C22H28FO5.Na/c1-12-8-16-15-5-4-13-9-14(25)6-7-19(13,2)21(15,23)17(26)10-20(16,3)22(12,28)18(27)11-24;/h4,6-7,9,12,15-17,24,26,28H,5,8,10-11H2,1-3H3;/q-1;+1/t12-,15-,16-,17-,19-,20-,21-,22-;/m0./s1. The van der Waals surface area contributed by atoms with Crippen molar-refractivity contribution in [3.05, 3.63) is 30.2 Å². The Kier molecular flexibility index (Phi) is 5.60. The van der Waals surface area contributed by atoms with Crippen molar-refractivity contribution in [1.29, 1.82) is 0 Å². The van der Waals surface area contributed by atoms with Crippen LogP contribution in [0.25, 0.3) is 0 Å². The number of aliphatic hydroxyl groups is 3. The number of Topliss-reactive ketones (excluding diaryl/α,β-unsaturated/α-hetero) is 1. The molecule has 0 aromatic carbocycles. The van der Waals surface area contributed by atoms with Crippen molar-refractivity contribution in [3.63, 3.8) is 0 Å². The first kappa shape index (κ1) is 23.2. The molecule has 0 aromatic rings. The summed E-state index contributed by atoms with van der Waals surface area (Å²) in [6.45, 7) is 4.42. The van der Waals surface area contributed by atoms with Gasteiger partial charge in [0.2, 0.25) is 0 Å². The van der Waals surface area contributed by atoms with Gasteiger partial charge in [0, 0.05) is 10.8 Å². The van der Waals surface area contributed by atoms with E-state index in [9.17, 15) is 24.9 Å². The van der Waals surface area contributed by atoms with Crippen molar-refractivity contribution >= 4 is 11.6 Å². The average molecular weight is 414 g/mol. The largest absolute Gasteiger partial charge is 1.00 e. The summed E-state index contributed by atoms with van der Waals surface area (Å²) in [5, 5.41) is 31.9. The van der Waals surface area contributed by atoms with Crippen molar-refractivity contribution in [1.82, 2.24) is 0 Å². The second-order valence-electron chi connectivity index (χ2n) is 9.58. The van der Waals surface area contributed by atoms with E-state index >= 15 is 4.39 Å². The predicted molar refractivity (Wildman–Crippen MR) is 99.6 cm³/mol. The Morgan fingerprint density at radius 1 is 1.34 bits per heavy atom. The van der Waals surface area contributed by atoms with E-state index in [4.69, 9.17) is 0 Å². The SMILES string of the molecule is C[C@H]1C[C@H]2[C@@H]3C[CH-]C4=CC(=O)C=C[C@]4(C)[C@@]3(F)[C@@H](O)C[C@]2(C)[C@@]1(O)C(=O)CO.[Na+]. The molecule has 7 heteroatoms. The molecule has 0 aromatic heterocycles. The molecule has 0 spiro atoms. The van der Waals surface area contributed by atoms with Gasteiger partial charge in [0.05, 0.1) is 11.9 Å². The number of halogens is 1. The molecule has 4 aliphatic carbocycles. The molecular weight excluding hydrogens is 386 g/mol. The molecule has 0 aliphatic heterocycles. The van der Waals surface area contributed by atoms with Crippen LogP contribution in [0.4, 0.5) is 4.39 Å². The number of aliphatic hydroxyl groups excluding tert-OH is 2. The Labute approximate surface area is 192 Å². The number of allylic oxidation sites excluding steroid dienone is 4. The smallest absolute Gasteiger partial charge is 0.390 e. The van der Waals surface area contributed by atoms with Crippen LogP contribution in [0.3, 0.4) is 0 Å². The van der Waals surface area contributed by atoms with E-state index in [2.05, 4.69) is 0 Å². The van der Waals surface area contributed by atoms with E-state index in [1.54, 1.807) is 26.8 Å². The Morgan fingerprint density at radius 3 is 2.62 bits per heavy atom. The zero-order valence-corrected chi connectivity index (χ0v) is 19.5. The summed E-state index contributed by atoms with van der Waals surface area (Å²) in [6.07, 6.45) is 5.47. The number of fused-ring (bicyclic) bond motifs is 5. The van der Waals surface area contributed by atoms with Crippen LogP contribution in [0.1, 0.15) is 40.0 Å². The van der Waals surface area contributed by atoms with Crippen LogP contribution in [0.5, 0.6) is 0 Å². The van der Waals surface area contributed by atoms with Crippen molar-refractivity contribution in [2.75, 3.05) is 6.61 Å². The number of hydrogen-bond donors (Lipinski definition) is 3. The van der Waals surface area contributed by atoms with Gasteiger partial charge in [-0.3, -0.25) is 4.79 Å². The van der Waals surface area contributed by atoms with Crippen molar-refractivity contribution in [3.8, 4) is 0 Å². The van der Waals surface area contributed by atoms with E-state index in [1.165, 1.54) is 12.2 Å². The summed E-state index contributed by atoms with van der Waals surface area (Å²) >= 11 is 0. The average Bonchev–Trinajstić information content (AvgIpc) is 2.84. The van der Waals surface area contributed by atoms with E-state index in [0.29, 0.717) is 18.4 Å². The molecule has 0 bridgehead atoms. The third-order valence-electron chi connectivity index (χ3n) is 8.57. The number of rotatable bonds is 2. The molecule has 4 aliphatic rings. The molecule has 0 radical (unpaired) electrons. The third kappa shape index (κ3) is 2.56. The first-order chi connectivity index (χ1) is 13.0. The quantitative estimate of drug-likeness (QED) is 0.386. The maximum absolute atomic E-state index is 16.8. The van der Waals surface area contributed by atoms with E-state index < -0.39 is 52.4 Å². The van der Waals surface area contributed by atoms with Crippen LogP contribution in [0.2, 0.25) is 0 Å². The molecule has 0 saturated heterocycles. The van der Waals surface area contributed by atoms with Gasteiger partial charge in [-0.1, -0.05) is 33.3 Å². The number of carbonyl (C=O) groups is 2. The Hall–Kier alpha value is -0.500. The summed E-state index contributed by atoms with van der Waals surface area (Å²) in [5.41, 5.74) is -5.41. The van der Waals surface area contributed by atoms with Crippen LogP contribution in [-0.4, -0.2) is 50.9 Å². The van der Waals surface area contributed by atoms with Crippen molar-refractivity contribution < 1.29 is 58.9 Å².